The van der Waals surface area contributed by atoms with E-state index in [1.807, 2.05) is 0 Å². The third kappa shape index (κ3) is 3.23. The van der Waals surface area contributed by atoms with Gasteiger partial charge in [-0.05, 0) is 32.4 Å². The van der Waals surface area contributed by atoms with Gasteiger partial charge in [0, 0.05) is 18.7 Å². The van der Waals surface area contributed by atoms with E-state index in [1.54, 1.807) is 0 Å². The van der Waals surface area contributed by atoms with Gasteiger partial charge in [-0.25, -0.2) is 0 Å². The van der Waals surface area contributed by atoms with Crippen LogP contribution in [-0.2, 0) is 4.74 Å². The number of hydrogen-bond acceptors (Lipinski definition) is 3. The molecule has 1 fully saturated rings. The van der Waals surface area contributed by atoms with E-state index < -0.39 is 0 Å². The van der Waals surface area contributed by atoms with Crippen molar-refractivity contribution in [2.45, 2.75) is 45.2 Å². The van der Waals surface area contributed by atoms with Crippen molar-refractivity contribution in [2.75, 3.05) is 26.3 Å². The molecule has 1 heterocycles. The molecule has 0 amide bonds. The van der Waals surface area contributed by atoms with Crippen molar-refractivity contribution < 1.29 is 4.74 Å². The Bertz CT molecular complexity index is 146. The summed E-state index contributed by atoms with van der Waals surface area (Å²) in [6.45, 7) is 8.39. The first-order valence-electron chi connectivity index (χ1n) is 5.87. The normalized spacial score (nSPS) is 28.3. The molecule has 2 unspecified atom stereocenters. The van der Waals surface area contributed by atoms with Crippen LogP contribution >= 0.6 is 0 Å². The third-order valence-electron chi connectivity index (χ3n) is 2.87. The average Bonchev–Trinajstić information content (AvgIpc) is 2.18. The molecule has 84 valence electrons. The number of hydrogen-bond donors (Lipinski definition) is 1. The van der Waals surface area contributed by atoms with Crippen molar-refractivity contribution >= 4 is 0 Å². The van der Waals surface area contributed by atoms with Gasteiger partial charge >= 0.3 is 0 Å². The molecule has 2 N–H and O–H groups in total. The summed E-state index contributed by atoms with van der Waals surface area (Å²) in [5, 5.41) is 0. The maximum Gasteiger partial charge on any atom is 0.0636 e. The van der Waals surface area contributed by atoms with E-state index in [2.05, 4.69) is 18.7 Å². The molecule has 1 saturated heterocycles. The molecule has 2 atom stereocenters. The fourth-order valence-corrected chi connectivity index (χ4v) is 2.13. The molecule has 14 heavy (non-hydrogen) atoms. The van der Waals surface area contributed by atoms with E-state index in [1.165, 1.54) is 12.8 Å². The quantitative estimate of drug-likeness (QED) is 0.725. The maximum absolute atomic E-state index is 6.12. The summed E-state index contributed by atoms with van der Waals surface area (Å²) in [5.74, 6) is 0. The highest BCUT2D eigenvalue weighted by Crippen LogP contribution is 2.13. The lowest BCUT2D eigenvalue weighted by Crippen LogP contribution is -2.53. The van der Waals surface area contributed by atoms with Crippen LogP contribution in [0, 0.1) is 0 Å². The molecule has 1 rings (SSSR count). The van der Waals surface area contributed by atoms with Crippen LogP contribution in [0.25, 0.3) is 0 Å². The standard InChI is InChI=1S/C11H24N2O/c1-3-6-13(7-4-2)11-9-14-8-5-10(11)12/h10-11H,3-9,12H2,1-2H3. The molecule has 3 nitrogen and oxygen atoms in total. The second kappa shape index (κ2) is 6.38. The topological polar surface area (TPSA) is 38.5 Å². The highest BCUT2D eigenvalue weighted by atomic mass is 16.5. The van der Waals surface area contributed by atoms with Crippen LogP contribution in [-0.4, -0.2) is 43.3 Å². The SMILES string of the molecule is CCCN(CCC)C1COCCC1N. The van der Waals surface area contributed by atoms with Crippen molar-refractivity contribution in [3.63, 3.8) is 0 Å². The van der Waals surface area contributed by atoms with Gasteiger partial charge in [0.25, 0.3) is 0 Å². The molecular formula is C11H24N2O. The monoisotopic (exact) mass is 200 g/mol. The fourth-order valence-electron chi connectivity index (χ4n) is 2.13. The zero-order valence-corrected chi connectivity index (χ0v) is 9.54. The van der Waals surface area contributed by atoms with Gasteiger partial charge in [0.2, 0.25) is 0 Å². The van der Waals surface area contributed by atoms with Gasteiger partial charge in [-0.2, -0.15) is 0 Å². The molecule has 1 aliphatic rings. The minimum atomic E-state index is 0.307. The number of ether oxygens (including phenoxy) is 1. The van der Waals surface area contributed by atoms with Crippen LogP contribution in [0.15, 0.2) is 0 Å². The van der Waals surface area contributed by atoms with Crippen LogP contribution < -0.4 is 5.73 Å². The second-order valence-corrected chi connectivity index (χ2v) is 4.13. The van der Waals surface area contributed by atoms with Gasteiger partial charge in [0.05, 0.1) is 6.61 Å². The van der Waals surface area contributed by atoms with Crippen molar-refractivity contribution in [1.29, 1.82) is 0 Å². The lowest BCUT2D eigenvalue weighted by Gasteiger charge is -2.37. The van der Waals surface area contributed by atoms with Crippen LogP contribution in [0.1, 0.15) is 33.1 Å². The highest BCUT2D eigenvalue weighted by molar-refractivity contribution is 4.84. The van der Waals surface area contributed by atoms with Crippen LogP contribution in [0.3, 0.4) is 0 Å². The predicted molar refractivity (Wildman–Crippen MR) is 59.4 cm³/mol. The van der Waals surface area contributed by atoms with Gasteiger partial charge < -0.3 is 10.5 Å². The first kappa shape index (κ1) is 12.0. The number of rotatable bonds is 5. The van der Waals surface area contributed by atoms with E-state index in [4.69, 9.17) is 10.5 Å². The van der Waals surface area contributed by atoms with Gasteiger partial charge in [0.1, 0.15) is 0 Å². The Morgan fingerprint density at radius 2 is 1.93 bits per heavy atom. The largest absolute Gasteiger partial charge is 0.380 e. The Balaban J connectivity index is 2.46. The Morgan fingerprint density at radius 1 is 1.29 bits per heavy atom. The Kier molecular flexibility index (Phi) is 5.45. The first-order valence-corrected chi connectivity index (χ1v) is 5.87. The van der Waals surface area contributed by atoms with Crippen LogP contribution in [0.5, 0.6) is 0 Å². The molecule has 0 aromatic rings. The molecular weight excluding hydrogens is 176 g/mol. The Hall–Kier alpha value is -0.120. The van der Waals surface area contributed by atoms with Gasteiger partial charge in [-0.3, -0.25) is 4.90 Å². The molecule has 0 aromatic heterocycles. The smallest absolute Gasteiger partial charge is 0.0636 e. The summed E-state index contributed by atoms with van der Waals surface area (Å²) in [6, 6.07) is 0.755. The van der Waals surface area contributed by atoms with E-state index in [0.29, 0.717) is 12.1 Å². The van der Waals surface area contributed by atoms with E-state index in [9.17, 15) is 0 Å². The molecule has 1 aliphatic heterocycles. The van der Waals surface area contributed by atoms with E-state index in [0.717, 1.165) is 32.7 Å². The summed E-state index contributed by atoms with van der Waals surface area (Å²) in [6.07, 6.45) is 3.40. The zero-order chi connectivity index (χ0) is 10.4. The van der Waals surface area contributed by atoms with Crippen molar-refractivity contribution in [3.05, 3.63) is 0 Å². The van der Waals surface area contributed by atoms with Gasteiger partial charge in [-0.15, -0.1) is 0 Å². The number of nitrogens with zero attached hydrogens (tertiary/aromatic N) is 1. The summed E-state index contributed by atoms with van der Waals surface area (Å²) in [7, 11) is 0. The molecule has 0 aliphatic carbocycles. The first-order chi connectivity index (χ1) is 6.79. The molecule has 0 saturated carbocycles. The third-order valence-corrected chi connectivity index (χ3v) is 2.87. The second-order valence-electron chi connectivity index (χ2n) is 4.13. The van der Waals surface area contributed by atoms with Gasteiger partial charge in [0.15, 0.2) is 0 Å². The average molecular weight is 200 g/mol. The van der Waals surface area contributed by atoms with Crippen molar-refractivity contribution in [2.24, 2.45) is 5.73 Å². The van der Waals surface area contributed by atoms with Crippen LogP contribution in [0.4, 0.5) is 0 Å². The fraction of sp³-hybridized carbons (Fsp3) is 1.00. The predicted octanol–water partition coefficient (Wildman–Crippen LogP) is 1.22. The number of nitrogens with two attached hydrogens (primary N) is 1. The minimum Gasteiger partial charge on any atom is -0.380 e. The summed E-state index contributed by atoms with van der Waals surface area (Å²) < 4.78 is 5.50. The van der Waals surface area contributed by atoms with Crippen molar-refractivity contribution in [1.82, 2.24) is 4.90 Å². The zero-order valence-electron chi connectivity index (χ0n) is 9.54. The Morgan fingerprint density at radius 3 is 2.43 bits per heavy atom. The van der Waals surface area contributed by atoms with Gasteiger partial charge in [-0.1, -0.05) is 13.8 Å². The molecule has 3 heteroatoms. The summed E-state index contributed by atoms with van der Waals surface area (Å²) in [4.78, 5) is 2.49. The highest BCUT2D eigenvalue weighted by Gasteiger charge is 2.27. The van der Waals surface area contributed by atoms with Crippen LogP contribution in [0.2, 0.25) is 0 Å². The Labute approximate surface area is 87.6 Å². The lowest BCUT2D eigenvalue weighted by atomic mass is 10.0. The van der Waals surface area contributed by atoms with E-state index >= 15 is 0 Å². The van der Waals surface area contributed by atoms with E-state index in [-0.39, 0.29) is 0 Å². The lowest BCUT2D eigenvalue weighted by molar-refractivity contribution is 0.00574. The van der Waals surface area contributed by atoms with Crippen molar-refractivity contribution in [3.8, 4) is 0 Å². The summed E-state index contributed by atoms with van der Waals surface area (Å²) in [5.41, 5.74) is 6.12. The molecule has 0 radical (unpaired) electrons. The minimum absolute atomic E-state index is 0.307. The molecule has 0 aromatic carbocycles. The molecule has 0 bridgehead atoms. The maximum atomic E-state index is 6.12. The summed E-state index contributed by atoms with van der Waals surface area (Å²) >= 11 is 0. The molecule has 0 spiro atoms.